The second-order valence-electron chi connectivity index (χ2n) is 3.69. The van der Waals surface area contributed by atoms with Crippen LogP contribution in [0.3, 0.4) is 0 Å². The Hall–Kier alpha value is -0.970. The van der Waals surface area contributed by atoms with Crippen molar-refractivity contribution in [2.45, 2.75) is 33.7 Å². The summed E-state index contributed by atoms with van der Waals surface area (Å²) in [5.41, 5.74) is 0.698. The molecule has 14 heavy (non-hydrogen) atoms. The summed E-state index contributed by atoms with van der Waals surface area (Å²) in [5, 5.41) is 6.71. The highest BCUT2D eigenvalue weighted by molar-refractivity contribution is 7.07. The van der Waals surface area contributed by atoms with E-state index in [9.17, 15) is 4.79 Å². The molecule has 0 bridgehead atoms. The Balaban J connectivity index is 2.64. The molecule has 0 radical (unpaired) electrons. The third kappa shape index (κ3) is 2.51. The summed E-state index contributed by atoms with van der Waals surface area (Å²) in [5.74, 6) is 0.360. The van der Waals surface area contributed by atoms with Gasteiger partial charge in [-0.25, -0.2) is 0 Å². The number of carbonyl (C=O) groups excluding carboxylic acids is 1. The van der Waals surface area contributed by atoms with Crippen molar-refractivity contribution in [3.63, 3.8) is 0 Å². The number of hydrogen-bond donors (Lipinski definition) is 1. The monoisotopic (exact) mass is 213 g/mol. The third-order valence-electron chi connectivity index (χ3n) is 2.22. The highest BCUT2D eigenvalue weighted by Gasteiger charge is 2.16. The highest BCUT2D eigenvalue weighted by Crippen LogP contribution is 2.10. The summed E-state index contributed by atoms with van der Waals surface area (Å²) >= 11 is 1.14. The average molecular weight is 213 g/mol. The predicted molar refractivity (Wildman–Crippen MR) is 56.4 cm³/mol. The van der Waals surface area contributed by atoms with Crippen molar-refractivity contribution < 1.29 is 4.79 Å². The van der Waals surface area contributed by atoms with Gasteiger partial charge < -0.3 is 5.32 Å². The van der Waals surface area contributed by atoms with Gasteiger partial charge in [-0.15, -0.1) is 5.10 Å². The van der Waals surface area contributed by atoms with E-state index in [1.165, 1.54) is 0 Å². The van der Waals surface area contributed by atoms with Crippen LogP contribution in [0.5, 0.6) is 0 Å². The SMILES string of the molecule is Cc1nnsc1C(=O)NC(C)C(C)C. The minimum absolute atomic E-state index is 0.0706. The van der Waals surface area contributed by atoms with Crippen molar-refractivity contribution in [2.24, 2.45) is 5.92 Å². The van der Waals surface area contributed by atoms with E-state index >= 15 is 0 Å². The zero-order chi connectivity index (χ0) is 10.7. The maximum Gasteiger partial charge on any atom is 0.265 e. The number of aryl methyl sites for hydroxylation is 1. The van der Waals surface area contributed by atoms with Gasteiger partial charge in [-0.2, -0.15) is 0 Å². The molecule has 1 N–H and O–H groups in total. The molecular formula is C9H15N3OS. The molecule has 0 saturated heterocycles. The van der Waals surface area contributed by atoms with Gasteiger partial charge in [0.2, 0.25) is 0 Å². The van der Waals surface area contributed by atoms with Crippen LogP contribution in [0.25, 0.3) is 0 Å². The number of aromatic nitrogens is 2. The number of carbonyl (C=O) groups is 1. The average Bonchev–Trinajstić information content (AvgIpc) is 2.51. The largest absolute Gasteiger partial charge is 0.349 e. The Morgan fingerprint density at radius 3 is 2.50 bits per heavy atom. The minimum Gasteiger partial charge on any atom is -0.349 e. The fraction of sp³-hybridized carbons (Fsp3) is 0.667. The van der Waals surface area contributed by atoms with Gasteiger partial charge in [0, 0.05) is 6.04 Å². The van der Waals surface area contributed by atoms with E-state index in [0.29, 0.717) is 16.5 Å². The molecule has 4 nitrogen and oxygen atoms in total. The van der Waals surface area contributed by atoms with Crippen molar-refractivity contribution in [3.05, 3.63) is 10.6 Å². The minimum atomic E-state index is -0.0706. The number of nitrogens with one attached hydrogen (secondary N) is 1. The quantitative estimate of drug-likeness (QED) is 0.830. The molecule has 0 aromatic carbocycles. The van der Waals surface area contributed by atoms with Crippen LogP contribution in [-0.4, -0.2) is 21.5 Å². The summed E-state index contributed by atoms with van der Waals surface area (Å²) < 4.78 is 3.73. The van der Waals surface area contributed by atoms with E-state index in [1.807, 2.05) is 6.92 Å². The van der Waals surface area contributed by atoms with E-state index in [0.717, 1.165) is 11.5 Å². The molecular weight excluding hydrogens is 198 g/mol. The maximum atomic E-state index is 11.7. The highest BCUT2D eigenvalue weighted by atomic mass is 32.1. The normalized spacial score (nSPS) is 12.9. The lowest BCUT2D eigenvalue weighted by atomic mass is 10.1. The molecule has 1 heterocycles. The lowest BCUT2D eigenvalue weighted by molar-refractivity contribution is 0.0934. The van der Waals surface area contributed by atoms with Crippen LogP contribution in [0.4, 0.5) is 0 Å². The third-order valence-corrected chi connectivity index (χ3v) is 3.04. The summed E-state index contributed by atoms with van der Waals surface area (Å²) in [6.45, 7) is 7.93. The molecule has 0 aliphatic heterocycles. The second-order valence-corrected chi connectivity index (χ2v) is 4.45. The van der Waals surface area contributed by atoms with E-state index in [2.05, 4.69) is 28.8 Å². The molecule has 1 aromatic rings. The van der Waals surface area contributed by atoms with Gasteiger partial charge in [-0.05, 0) is 31.3 Å². The van der Waals surface area contributed by atoms with Gasteiger partial charge in [0.25, 0.3) is 5.91 Å². The van der Waals surface area contributed by atoms with E-state index < -0.39 is 0 Å². The summed E-state index contributed by atoms with van der Waals surface area (Å²) in [6.07, 6.45) is 0. The first-order valence-corrected chi connectivity index (χ1v) is 5.39. The topological polar surface area (TPSA) is 54.9 Å². The Morgan fingerprint density at radius 2 is 2.07 bits per heavy atom. The van der Waals surface area contributed by atoms with Gasteiger partial charge in [0.1, 0.15) is 4.88 Å². The molecule has 0 spiro atoms. The van der Waals surface area contributed by atoms with Crippen molar-refractivity contribution >= 4 is 17.4 Å². The van der Waals surface area contributed by atoms with Crippen LogP contribution in [0.15, 0.2) is 0 Å². The molecule has 1 atom stereocenters. The predicted octanol–water partition coefficient (Wildman–Crippen LogP) is 1.62. The van der Waals surface area contributed by atoms with Gasteiger partial charge in [-0.3, -0.25) is 4.79 Å². The fourth-order valence-corrected chi connectivity index (χ4v) is 1.44. The Bertz CT molecular complexity index is 322. The maximum absolute atomic E-state index is 11.7. The number of rotatable bonds is 3. The molecule has 0 aliphatic carbocycles. The fourth-order valence-electron chi connectivity index (χ4n) is 0.879. The van der Waals surface area contributed by atoms with E-state index in [1.54, 1.807) is 6.92 Å². The second kappa shape index (κ2) is 4.50. The lowest BCUT2D eigenvalue weighted by Gasteiger charge is -2.16. The Morgan fingerprint density at radius 1 is 1.43 bits per heavy atom. The molecule has 0 aliphatic rings. The summed E-state index contributed by atoms with van der Waals surface area (Å²) in [6, 6.07) is 0.170. The van der Waals surface area contributed by atoms with E-state index in [4.69, 9.17) is 0 Å². The van der Waals surface area contributed by atoms with Gasteiger partial charge >= 0.3 is 0 Å². The molecule has 78 valence electrons. The van der Waals surface area contributed by atoms with Crippen LogP contribution in [0.1, 0.15) is 36.1 Å². The summed E-state index contributed by atoms with van der Waals surface area (Å²) in [4.78, 5) is 12.3. The standard InChI is InChI=1S/C9H15N3OS/c1-5(2)6(3)10-9(13)8-7(4)11-12-14-8/h5-6H,1-4H3,(H,10,13). The molecule has 1 rings (SSSR count). The smallest absolute Gasteiger partial charge is 0.265 e. The zero-order valence-electron chi connectivity index (χ0n) is 8.87. The van der Waals surface area contributed by atoms with Crippen molar-refractivity contribution in [2.75, 3.05) is 0 Å². The van der Waals surface area contributed by atoms with Crippen LogP contribution < -0.4 is 5.32 Å². The van der Waals surface area contributed by atoms with Crippen LogP contribution in [0.2, 0.25) is 0 Å². The van der Waals surface area contributed by atoms with Crippen molar-refractivity contribution in [3.8, 4) is 0 Å². The first-order valence-electron chi connectivity index (χ1n) is 4.62. The van der Waals surface area contributed by atoms with Gasteiger partial charge in [0.15, 0.2) is 0 Å². The van der Waals surface area contributed by atoms with Gasteiger partial charge in [-0.1, -0.05) is 18.3 Å². The number of nitrogens with zero attached hydrogens (tertiary/aromatic N) is 2. The van der Waals surface area contributed by atoms with Crippen molar-refractivity contribution in [1.82, 2.24) is 14.9 Å². The van der Waals surface area contributed by atoms with Crippen LogP contribution >= 0.6 is 11.5 Å². The first kappa shape index (κ1) is 11.1. The molecule has 1 aromatic heterocycles. The molecule has 0 saturated carbocycles. The van der Waals surface area contributed by atoms with Crippen molar-refractivity contribution in [1.29, 1.82) is 0 Å². The van der Waals surface area contributed by atoms with Crippen LogP contribution in [-0.2, 0) is 0 Å². The molecule has 1 unspecified atom stereocenters. The first-order chi connectivity index (χ1) is 6.52. The van der Waals surface area contributed by atoms with E-state index in [-0.39, 0.29) is 11.9 Å². The Labute approximate surface area is 87.9 Å². The number of amides is 1. The molecule has 0 fully saturated rings. The zero-order valence-corrected chi connectivity index (χ0v) is 9.68. The summed E-state index contributed by atoms with van der Waals surface area (Å²) in [7, 11) is 0. The van der Waals surface area contributed by atoms with Gasteiger partial charge in [0.05, 0.1) is 5.69 Å². The number of hydrogen-bond acceptors (Lipinski definition) is 4. The Kier molecular flexibility index (Phi) is 3.57. The van der Waals surface area contributed by atoms with Crippen LogP contribution in [0, 0.1) is 12.8 Å². The lowest BCUT2D eigenvalue weighted by Crippen LogP contribution is -2.35. The molecule has 5 heteroatoms. The molecule has 1 amide bonds.